The summed E-state index contributed by atoms with van der Waals surface area (Å²) in [5.41, 5.74) is 2.04. The third kappa shape index (κ3) is 3.91. The first-order valence-electron chi connectivity index (χ1n) is 11.1. The van der Waals surface area contributed by atoms with Crippen LogP contribution >= 0.6 is 0 Å². The van der Waals surface area contributed by atoms with Crippen molar-refractivity contribution in [3.8, 4) is 23.0 Å². The molecule has 0 aromatic heterocycles. The number of fused-ring (bicyclic) bond motifs is 3. The van der Waals surface area contributed by atoms with Crippen LogP contribution in [0.25, 0.3) is 0 Å². The van der Waals surface area contributed by atoms with Crippen molar-refractivity contribution in [3.63, 3.8) is 0 Å². The van der Waals surface area contributed by atoms with Gasteiger partial charge in [-0.05, 0) is 62.1 Å². The summed E-state index contributed by atoms with van der Waals surface area (Å²) in [6.45, 7) is 4.25. The Labute approximate surface area is 191 Å². The van der Waals surface area contributed by atoms with Crippen LogP contribution in [0.5, 0.6) is 23.0 Å². The van der Waals surface area contributed by atoms with Crippen molar-refractivity contribution in [2.24, 2.45) is 0 Å². The molecule has 2 saturated heterocycles. The monoisotopic (exact) mass is 454 g/mol. The fourth-order valence-corrected chi connectivity index (χ4v) is 4.96. The SMILES string of the molecule is CC1(C)O[C@@H]2[C@@H](O1)[C@@H](Cc1ccc3c(c1)OCO3)NC(=O)N[C@@H]2Cc1ccc2c(c1)OCO2. The van der Waals surface area contributed by atoms with E-state index >= 15 is 0 Å². The van der Waals surface area contributed by atoms with Crippen LogP contribution in [0.3, 0.4) is 0 Å². The Morgan fingerprint density at radius 3 is 1.70 bits per heavy atom. The van der Waals surface area contributed by atoms with E-state index in [0.717, 1.165) is 22.6 Å². The minimum absolute atomic E-state index is 0.222. The molecule has 2 aromatic carbocycles. The molecule has 4 heterocycles. The maximum atomic E-state index is 12.8. The van der Waals surface area contributed by atoms with Gasteiger partial charge in [-0.2, -0.15) is 0 Å². The first-order valence-corrected chi connectivity index (χ1v) is 11.1. The van der Waals surface area contributed by atoms with Crippen LogP contribution in [0, 0.1) is 0 Å². The van der Waals surface area contributed by atoms with Crippen molar-refractivity contribution in [2.75, 3.05) is 13.6 Å². The predicted molar refractivity (Wildman–Crippen MR) is 116 cm³/mol. The number of urea groups is 1. The molecule has 4 aliphatic heterocycles. The van der Waals surface area contributed by atoms with Crippen LogP contribution < -0.4 is 29.6 Å². The van der Waals surface area contributed by atoms with Crippen LogP contribution in [-0.4, -0.2) is 49.7 Å². The molecule has 2 aromatic rings. The van der Waals surface area contributed by atoms with Gasteiger partial charge in [0, 0.05) is 0 Å². The summed E-state index contributed by atoms with van der Waals surface area (Å²) in [5.74, 6) is 2.12. The molecule has 4 atom stereocenters. The van der Waals surface area contributed by atoms with Gasteiger partial charge in [-0.15, -0.1) is 0 Å². The largest absolute Gasteiger partial charge is 0.454 e. The Morgan fingerprint density at radius 1 is 0.758 bits per heavy atom. The molecular formula is C24H26N2O7. The van der Waals surface area contributed by atoms with Crippen molar-refractivity contribution in [1.82, 2.24) is 10.6 Å². The zero-order valence-electron chi connectivity index (χ0n) is 18.5. The average molecular weight is 454 g/mol. The molecule has 9 heteroatoms. The van der Waals surface area contributed by atoms with E-state index in [-0.39, 0.29) is 43.9 Å². The quantitative estimate of drug-likeness (QED) is 0.733. The summed E-state index contributed by atoms with van der Waals surface area (Å²) < 4.78 is 34.5. The van der Waals surface area contributed by atoms with Gasteiger partial charge < -0.3 is 39.1 Å². The first kappa shape index (κ1) is 20.4. The molecule has 9 nitrogen and oxygen atoms in total. The highest BCUT2D eigenvalue weighted by molar-refractivity contribution is 5.75. The fraction of sp³-hybridized carbons (Fsp3) is 0.458. The Balaban J connectivity index is 1.26. The van der Waals surface area contributed by atoms with Gasteiger partial charge in [-0.1, -0.05) is 12.1 Å². The normalized spacial score (nSPS) is 28.6. The molecule has 0 unspecified atom stereocenters. The molecule has 0 radical (unpaired) electrons. The molecule has 0 bridgehead atoms. The summed E-state index contributed by atoms with van der Waals surface area (Å²) in [5, 5.41) is 6.18. The number of ether oxygens (including phenoxy) is 6. The van der Waals surface area contributed by atoms with E-state index in [1.54, 1.807) is 0 Å². The van der Waals surface area contributed by atoms with E-state index < -0.39 is 5.79 Å². The Bertz CT molecular complexity index is 1010. The van der Waals surface area contributed by atoms with Gasteiger partial charge in [0.25, 0.3) is 0 Å². The Kier molecular flexibility index (Phi) is 4.77. The topological polar surface area (TPSA) is 96.5 Å². The van der Waals surface area contributed by atoms with Crippen LogP contribution in [0.15, 0.2) is 36.4 Å². The average Bonchev–Trinajstić information content (AvgIpc) is 3.48. The molecule has 0 saturated carbocycles. The molecule has 33 heavy (non-hydrogen) atoms. The lowest BCUT2D eigenvalue weighted by atomic mass is 9.92. The van der Waals surface area contributed by atoms with E-state index in [1.165, 1.54) is 0 Å². The summed E-state index contributed by atoms with van der Waals surface area (Å²) in [6, 6.07) is 10.9. The van der Waals surface area contributed by atoms with E-state index in [0.29, 0.717) is 24.3 Å². The predicted octanol–water partition coefficient (Wildman–Crippen LogP) is 2.50. The minimum atomic E-state index is -0.765. The molecule has 4 aliphatic rings. The van der Waals surface area contributed by atoms with Crippen molar-refractivity contribution in [3.05, 3.63) is 47.5 Å². The highest BCUT2D eigenvalue weighted by Gasteiger charge is 2.51. The summed E-state index contributed by atoms with van der Waals surface area (Å²) in [6.07, 6.45) is 0.481. The number of nitrogens with one attached hydrogen (secondary N) is 2. The maximum Gasteiger partial charge on any atom is 0.315 e. The molecule has 2 amide bonds. The molecule has 0 aliphatic carbocycles. The second kappa shape index (κ2) is 7.71. The number of carbonyl (C=O) groups is 1. The smallest absolute Gasteiger partial charge is 0.315 e. The van der Waals surface area contributed by atoms with E-state index in [2.05, 4.69) is 10.6 Å². The molecule has 0 spiro atoms. The third-order valence-electron chi connectivity index (χ3n) is 6.37. The lowest BCUT2D eigenvalue weighted by Crippen LogP contribution is -2.47. The van der Waals surface area contributed by atoms with Crippen molar-refractivity contribution >= 4 is 6.03 Å². The first-order chi connectivity index (χ1) is 15.9. The number of hydrogen-bond acceptors (Lipinski definition) is 7. The third-order valence-corrected chi connectivity index (χ3v) is 6.37. The van der Waals surface area contributed by atoms with Crippen LogP contribution in [0.2, 0.25) is 0 Å². The zero-order chi connectivity index (χ0) is 22.6. The van der Waals surface area contributed by atoms with E-state index in [9.17, 15) is 4.79 Å². The van der Waals surface area contributed by atoms with Crippen LogP contribution in [0.1, 0.15) is 25.0 Å². The van der Waals surface area contributed by atoms with E-state index in [4.69, 9.17) is 28.4 Å². The summed E-state index contributed by atoms with van der Waals surface area (Å²) in [4.78, 5) is 12.8. The number of amides is 2. The fourth-order valence-electron chi connectivity index (χ4n) is 4.96. The number of carbonyl (C=O) groups excluding carboxylic acids is 1. The second-order valence-electron chi connectivity index (χ2n) is 9.18. The van der Waals surface area contributed by atoms with Gasteiger partial charge in [0.2, 0.25) is 13.6 Å². The van der Waals surface area contributed by atoms with Gasteiger partial charge in [0.15, 0.2) is 28.8 Å². The Hall–Kier alpha value is -3.17. The molecule has 6 rings (SSSR count). The van der Waals surface area contributed by atoms with Gasteiger partial charge in [-0.3, -0.25) is 0 Å². The van der Waals surface area contributed by atoms with E-state index in [1.807, 2.05) is 50.2 Å². The van der Waals surface area contributed by atoms with Crippen molar-refractivity contribution in [1.29, 1.82) is 0 Å². The lowest BCUT2D eigenvalue weighted by Gasteiger charge is -2.26. The number of rotatable bonds is 4. The molecule has 2 fully saturated rings. The highest BCUT2D eigenvalue weighted by Crippen LogP contribution is 2.38. The van der Waals surface area contributed by atoms with Crippen LogP contribution in [-0.2, 0) is 22.3 Å². The van der Waals surface area contributed by atoms with Crippen molar-refractivity contribution < 1.29 is 33.2 Å². The summed E-state index contributed by atoms with van der Waals surface area (Å²) >= 11 is 0. The lowest BCUT2D eigenvalue weighted by molar-refractivity contribution is -0.150. The summed E-state index contributed by atoms with van der Waals surface area (Å²) in [7, 11) is 0. The standard InChI is InChI=1S/C24H26N2O7/c1-24(2)32-21-15(7-13-3-5-17-19(9-13)30-11-28-17)25-23(27)26-16(22(21)33-24)8-14-4-6-18-20(10-14)31-12-29-18/h3-6,9-10,15-16,21-22H,7-8,11-12H2,1-2H3,(H2,25,26,27)/t15-,16-,21+,22+/m1/s1. The zero-order valence-corrected chi connectivity index (χ0v) is 18.5. The van der Waals surface area contributed by atoms with Gasteiger partial charge >= 0.3 is 6.03 Å². The number of hydrogen-bond donors (Lipinski definition) is 2. The number of benzene rings is 2. The van der Waals surface area contributed by atoms with Gasteiger partial charge in [0.05, 0.1) is 12.1 Å². The molecule has 174 valence electrons. The molecular weight excluding hydrogens is 428 g/mol. The molecule has 2 N–H and O–H groups in total. The highest BCUT2D eigenvalue weighted by atomic mass is 16.8. The van der Waals surface area contributed by atoms with Gasteiger partial charge in [0.1, 0.15) is 12.2 Å². The van der Waals surface area contributed by atoms with Crippen LogP contribution in [0.4, 0.5) is 4.79 Å². The second-order valence-corrected chi connectivity index (χ2v) is 9.18. The van der Waals surface area contributed by atoms with Crippen molar-refractivity contribution in [2.45, 2.75) is 56.8 Å². The minimum Gasteiger partial charge on any atom is -0.454 e. The van der Waals surface area contributed by atoms with Gasteiger partial charge in [-0.25, -0.2) is 4.79 Å². The maximum absolute atomic E-state index is 12.8. The Morgan fingerprint density at radius 2 is 1.21 bits per heavy atom.